The molecule has 118 valence electrons. The van der Waals surface area contributed by atoms with E-state index in [-0.39, 0.29) is 0 Å². The second-order valence-corrected chi connectivity index (χ2v) is 6.17. The van der Waals surface area contributed by atoms with Crippen LogP contribution in [0.4, 0.5) is 11.8 Å². The van der Waals surface area contributed by atoms with Crippen molar-refractivity contribution in [3.8, 4) is 0 Å². The Morgan fingerprint density at radius 2 is 1.86 bits per heavy atom. The first-order chi connectivity index (χ1) is 10.7. The molecule has 2 heterocycles. The maximum atomic E-state index is 4.81. The van der Waals surface area contributed by atoms with Crippen molar-refractivity contribution in [1.82, 2.24) is 14.9 Å². The molecule has 0 amide bonds. The lowest BCUT2D eigenvalue weighted by atomic mass is 10.1. The summed E-state index contributed by atoms with van der Waals surface area (Å²) >= 11 is 0. The molecule has 5 heteroatoms. The van der Waals surface area contributed by atoms with E-state index in [9.17, 15) is 0 Å². The summed E-state index contributed by atoms with van der Waals surface area (Å²) in [6, 6.07) is 8.31. The zero-order valence-corrected chi connectivity index (χ0v) is 13.5. The lowest BCUT2D eigenvalue weighted by molar-refractivity contribution is 0.425. The topological polar surface area (TPSA) is 44.3 Å². The highest BCUT2D eigenvalue weighted by Gasteiger charge is 2.16. The van der Waals surface area contributed by atoms with E-state index in [4.69, 9.17) is 4.98 Å². The van der Waals surface area contributed by atoms with Gasteiger partial charge in [-0.2, -0.15) is 4.98 Å². The molecule has 1 N–H and O–H groups in total. The highest BCUT2D eigenvalue weighted by Crippen LogP contribution is 2.27. The van der Waals surface area contributed by atoms with E-state index in [0.717, 1.165) is 48.8 Å². The molecule has 1 saturated heterocycles. The van der Waals surface area contributed by atoms with Crippen molar-refractivity contribution in [3.63, 3.8) is 0 Å². The summed E-state index contributed by atoms with van der Waals surface area (Å²) in [5.41, 5.74) is 1.02. The van der Waals surface area contributed by atoms with Crippen LogP contribution in [0.3, 0.4) is 0 Å². The van der Waals surface area contributed by atoms with Gasteiger partial charge >= 0.3 is 0 Å². The fraction of sp³-hybridized carbons (Fsp3) is 0.529. The van der Waals surface area contributed by atoms with Gasteiger partial charge in [0.1, 0.15) is 5.82 Å². The number of nitrogens with one attached hydrogen (secondary N) is 1. The Morgan fingerprint density at radius 3 is 2.64 bits per heavy atom. The maximum Gasteiger partial charge on any atom is 0.225 e. The van der Waals surface area contributed by atoms with Crippen LogP contribution in [-0.4, -0.2) is 55.1 Å². The van der Waals surface area contributed by atoms with Crippen LogP contribution in [0.25, 0.3) is 10.9 Å². The molecular weight excluding hydrogens is 274 g/mol. The molecule has 2 aromatic rings. The molecule has 5 nitrogen and oxygen atoms in total. The second-order valence-electron chi connectivity index (χ2n) is 6.17. The number of aromatic nitrogens is 2. The Bertz CT molecular complexity index is 619. The number of para-hydroxylation sites is 1. The molecule has 0 spiro atoms. The van der Waals surface area contributed by atoms with Gasteiger partial charge in [0.2, 0.25) is 5.95 Å². The lowest BCUT2D eigenvalue weighted by Crippen LogP contribution is -2.30. The molecule has 3 rings (SSSR count). The molecule has 1 aromatic carbocycles. The SMILES string of the molecule is CN(C)CCNc1nc(N2CCCCC2)c2ccccc2n1. The summed E-state index contributed by atoms with van der Waals surface area (Å²) in [5, 5.41) is 4.51. The van der Waals surface area contributed by atoms with Crippen LogP contribution in [0.2, 0.25) is 0 Å². The van der Waals surface area contributed by atoms with Crippen molar-refractivity contribution in [2.45, 2.75) is 19.3 Å². The van der Waals surface area contributed by atoms with E-state index < -0.39 is 0 Å². The number of piperidine rings is 1. The van der Waals surface area contributed by atoms with Gasteiger partial charge < -0.3 is 15.1 Å². The number of hydrogen-bond acceptors (Lipinski definition) is 5. The second kappa shape index (κ2) is 6.92. The van der Waals surface area contributed by atoms with E-state index in [1.807, 2.05) is 6.07 Å². The molecule has 1 aliphatic rings. The van der Waals surface area contributed by atoms with Gasteiger partial charge in [-0.05, 0) is 45.5 Å². The normalized spacial score (nSPS) is 15.5. The molecule has 0 unspecified atom stereocenters. The molecule has 1 aliphatic heterocycles. The van der Waals surface area contributed by atoms with E-state index in [1.54, 1.807) is 0 Å². The molecule has 0 atom stereocenters. The van der Waals surface area contributed by atoms with E-state index >= 15 is 0 Å². The Balaban J connectivity index is 1.89. The highest BCUT2D eigenvalue weighted by molar-refractivity contribution is 5.90. The molecule has 22 heavy (non-hydrogen) atoms. The maximum absolute atomic E-state index is 4.81. The molecular formula is C17H25N5. The summed E-state index contributed by atoms with van der Waals surface area (Å²) < 4.78 is 0. The molecule has 0 saturated carbocycles. The van der Waals surface area contributed by atoms with Crippen molar-refractivity contribution >= 4 is 22.7 Å². The largest absolute Gasteiger partial charge is 0.356 e. The predicted molar refractivity (Wildman–Crippen MR) is 92.6 cm³/mol. The minimum atomic E-state index is 0.737. The molecule has 1 fully saturated rings. The van der Waals surface area contributed by atoms with Gasteiger partial charge in [-0.25, -0.2) is 4.98 Å². The quantitative estimate of drug-likeness (QED) is 0.919. The van der Waals surface area contributed by atoms with Crippen LogP contribution in [0, 0.1) is 0 Å². The van der Waals surface area contributed by atoms with Crippen LogP contribution < -0.4 is 10.2 Å². The third-order valence-electron chi connectivity index (χ3n) is 4.08. The third-order valence-corrected chi connectivity index (χ3v) is 4.08. The van der Waals surface area contributed by atoms with Crippen molar-refractivity contribution < 1.29 is 0 Å². The average Bonchev–Trinajstić information content (AvgIpc) is 2.54. The zero-order chi connectivity index (χ0) is 15.4. The van der Waals surface area contributed by atoms with Gasteiger partial charge in [-0.15, -0.1) is 0 Å². The Labute approximate surface area is 132 Å². The van der Waals surface area contributed by atoms with Crippen molar-refractivity contribution in [2.24, 2.45) is 0 Å². The molecule has 0 aliphatic carbocycles. The number of rotatable bonds is 5. The number of benzene rings is 1. The average molecular weight is 299 g/mol. The fourth-order valence-electron chi connectivity index (χ4n) is 2.88. The van der Waals surface area contributed by atoms with E-state index in [0.29, 0.717) is 0 Å². The first-order valence-electron chi connectivity index (χ1n) is 8.14. The van der Waals surface area contributed by atoms with Crippen molar-refractivity contribution in [1.29, 1.82) is 0 Å². The standard InChI is InChI=1S/C17H25N5/c1-21(2)13-10-18-17-19-15-9-5-4-8-14(15)16(20-17)22-11-6-3-7-12-22/h4-5,8-9H,3,6-7,10-13H2,1-2H3,(H,18,19,20). The first-order valence-corrected chi connectivity index (χ1v) is 8.14. The highest BCUT2D eigenvalue weighted by atomic mass is 15.2. The lowest BCUT2D eigenvalue weighted by Gasteiger charge is -2.29. The molecule has 0 bridgehead atoms. The summed E-state index contributed by atoms with van der Waals surface area (Å²) in [6.07, 6.45) is 3.83. The summed E-state index contributed by atoms with van der Waals surface area (Å²) in [4.78, 5) is 14.0. The van der Waals surface area contributed by atoms with Gasteiger partial charge in [0, 0.05) is 31.6 Å². The summed E-state index contributed by atoms with van der Waals surface area (Å²) in [5.74, 6) is 1.82. The van der Waals surface area contributed by atoms with E-state index in [2.05, 4.69) is 52.4 Å². The Kier molecular flexibility index (Phi) is 4.73. The Hall–Kier alpha value is -1.88. The number of fused-ring (bicyclic) bond motifs is 1. The predicted octanol–water partition coefficient (Wildman–Crippen LogP) is 2.59. The number of anilines is 2. The monoisotopic (exact) mass is 299 g/mol. The van der Waals surface area contributed by atoms with Gasteiger partial charge in [-0.1, -0.05) is 12.1 Å². The zero-order valence-electron chi connectivity index (χ0n) is 13.5. The minimum Gasteiger partial charge on any atom is -0.356 e. The van der Waals surface area contributed by atoms with Crippen LogP contribution in [0.5, 0.6) is 0 Å². The van der Waals surface area contributed by atoms with Gasteiger partial charge in [-0.3, -0.25) is 0 Å². The minimum absolute atomic E-state index is 0.737. The van der Waals surface area contributed by atoms with Gasteiger partial charge in [0.15, 0.2) is 0 Å². The number of likely N-dealkylation sites (N-methyl/N-ethyl adjacent to an activating group) is 1. The van der Waals surface area contributed by atoms with Crippen LogP contribution in [0.15, 0.2) is 24.3 Å². The fourth-order valence-corrected chi connectivity index (χ4v) is 2.88. The van der Waals surface area contributed by atoms with Crippen molar-refractivity contribution in [3.05, 3.63) is 24.3 Å². The van der Waals surface area contributed by atoms with Gasteiger partial charge in [0.25, 0.3) is 0 Å². The van der Waals surface area contributed by atoms with Crippen LogP contribution in [-0.2, 0) is 0 Å². The smallest absolute Gasteiger partial charge is 0.225 e. The van der Waals surface area contributed by atoms with Crippen LogP contribution in [0.1, 0.15) is 19.3 Å². The number of hydrogen-bond donors (Lipinski definition) is 1. The van der Waals surface area contributed by atoms with Crippen molar-refractivity contribution in [2.75, 3.05) is 50.5 Å². The van der Waals surface area contributed by atoms with Crippen LogP contribution >= 0.6 is 0 Å². The summed E-state index contributed by atoms with van der Waals surface area (Å²) in [7, 11) is 4.14. The summed E-state index contributed by atoms with van der Waals surface area (Å²) in [6.45, 7) is 4.01. The van der Waals surface area contributed by atoms with E-state index in [1.165, 1.54) is 19.3 Å². The third kappa shape index (κ3) is 3.47. The van der Waals surface area contributed by atoms with Gasteiger partial charge in [0.05, 0.1) is 5.52 Å². The Morgan fingerprint density at radius 1 is 1.09 bits per heavy atom. The molecule has 0 radical (unpaired) electrons. The molecule has 1 aromatic heterocycles. The number of nitrogens with zero attached hydrogens (tertiary/aromatic N) is 4. The first kappa shape index (κ1) is 15.0.